The maximum absolute atomic E-state index is 11.4. The van der Waals surface area contributed by atoms with Crippen LogP contribution in [-0.4, -0.2) is 30.8 Å². The van der Waals surface area contributed by atoms with Crippen molar-refractivity contribution >= 4 is 17.7 Å². The first kappa shape index (κ1) is 12.0. The SMILES string of the molecule is CN(C(=O)NOCC(=O)O)c1ccccc1. The molecule has 0 unspecified atom stereocenters. The lowest BCUT2D eigenvalue weighted by molar-refractivity contribution is -0.143. The first-order chi connectivity index (χ1) is 7.61. The van der Waals surface area contributed by atoms with Gasteiger partial charge in [-0.3, -0.25) is 9.74 Å². The smallest absolute Gasteiger partial charge is 0.345 e. The second-order valence-electron chi connectivity index (χ2n) is 2.98. The third kappa shape index (κ3) is 3.58. The van der Waals surface area contributed by atoms with Crippen molar-refractivity contribution in [1.82, 2.24) is 5.48 Å². The minimum atomic E-state index is -1.15. The van der Waals surface area contributed by atoms with Crippen molar-refractivity contribution in [2.24, 2.45) is 0 Å². The van der Waals surface area contributed by atoms with Gasteiger partial charge in [0.15, 0.2) is 6.61 Å². The van der Waals surface area contributed by atoms with Crippen molar-refractivity contribution < 1.29 is 19.5 Å². The van der Waals surface area contributed by atoms with Gasteiger partial charge in [0.05, 0.1) is 0 Å². The van der Waals surface area contributed by atoms with Crippen LogP contribution in [0.2, 0.25) is 0 Å². The molecule has 16 heavy (non-hydrogen) atoms. The number of anilines is 1. The standard InChI is InChI=1S/C10H12N2O4/c1-12(8-5-3-2-4-6-8)10(15)11-16-7-9(13)14/h2-6H,7H2,1H3,(H,11,15)(H,13,14). The Morgan fingerprint density at radius 2 is 2.00 bits per heavy atom. The van der Waals surface area contributed by atoms with Gasteiger partial charge in [-0.05, 0) is 12.1 Å². The molecule has 0 heterocycles. The summed E-state index contributed by atoms with van der Waals surface area (Å²) in [5.41, 5.74) is 2.70. The fourth-order valence-electron chi connectivity index (χ4n) is 0.997. The summed E-state index contributed by atoms with van der Waals surface area (Å²) in [6.07, 6.45) is 0. The fraction of sp³-hybridized carbons (Fsp3) is 0.200. The van der Waals surface area contributed by atoms with E-state index in [1.165, 1.54) is 4.90 Å². The van der Waals surface area contributed by atoms with Crippen LogP contribution in [0.3, 0.4) is 0 Å². The quantitative estimate of drug-likeness (QED) is 0.743. The number of carboxylic acid groups (broad SMARTS) is 1. The van der Waals surface area contributed by atoms with Crippen LogP contribution in [0.25, 0.3) is 0 Å². The van der Waals surface area contributed by atoms with Crippen LogP contribution in [0.4, 0.5) is 10.5 Å². The van der Waals surface area contributed by atoms with Crippen molar-refractivity contribution in [3.8, 4) is 0 Å². The van der Waals surface area contributed by atoms with E-state index in [2.05, 4.69) is 4.84 Å². The topological polar surface area (TPSA) is 78.9 Å². The van der Waals surface area contributed by atoms with Crippen LogP contribution < -0.4 is 10.4 Å². The summed E-state index contributed by atoms with van der Waals surface area (Å²) in [7, 11) is 1.55. The third-order valence-electron chi connectivity index (χ3n) is 1.80. The molecular formula is C10H12N2O4. The molecule has 0 fully saturated rings. The number of amides is 2. The zero-order chi connectivity index (χ0) is 12.0. The van der Waals surface area contributed by atoms with Crippen LogP contribution in [0.5, 0.6) is 0 Å². The number of nitrogens with one attached hydrogen (secondary N) is 1. The second kappa shape index (κ2) is 5.72. The Morgan fingerprint density at radius 1 is 1.38 bits per heavy atom. The highest BCUT2D eigenvalue weighted by Crippen LogP contribution is 2.10. The van der Waals surface area contributed by atoms with E-state index in [0.29, 0.717) is 5.69 Å². The van der Waals surface area contributed by atoms with E-state index in [-0.39, 0.29) is 0 Å². The molecule has 1 rings (SSSR count). The van der Waals surface area contributed by atoms with E-state index in [1.54, 1.807) is 31.3 Å². The second-order valence-corrected chi connectivity index (χ2v) is 2.98. The monoisotopic (exact) mass is 224 g/mol. The third-order valence-corrected chi connectivity index (χ3v) is 1.80. The number of para-hydroxylation sites is 1. The fourth-order valence-corrected chi connectivity index (χ4v) is 0.997. The van der Waals surface area contributed by atoms with Crippen LogP contribution in [0, 0.1) is 0 Å². The van der Waals surface area contributed by atoms with Crippen molar-refractivity contribution in [1.29, 1.82) is 0 Å². The van der Waals surface area contributed by atoms with Crippen molar-refractivity contribution in [2.75, 3.05) is 18.6 Å². The Bertz CT molecular complexity index is 366. The first-order valence-corrected chi connectivity index (χ1v) is 4.53. The lowest BCUT2D eigenvalue weighted by Gasteiger charge is -2.17. The van der Waals surface area contributed by atoms with E-state index in [9.17, 15) is 9.59 Å². The zero-order valence-corrected chi connectivity index (χ0v) is 8.71. The van der Waals surface area contributed by atoms with Crippen LogP contribution in [0.15, 0.2) is 30.3 Å². The van der Waals surface area contributed by atoms with Gasteiger partial charge in [0.25, 0.3) is 0 Å². The molecule has 2 amide bonds. The number of hydrogen-bond acceptors (Lipinski definition) is 3. The Hall–Kier alpha value is -2.08. The van der Waals surface area contributed by atoms with E-state index < -0.39 is 18.6 Å². The highest BCUT2D eigenvalue weighted by atomic mass is 16.7. The first-order valence-electron chi connectivity index (χ1n) is 4.53. The normalized spacial score (nSPS) is 9.56. The summed E-state index contributed by atoms with van der Waals surface area (Å²) in [5.74, 6) is -1.15. The molecule has 0 atom stereocenters. The van der Waals surface area contributed by atoms with Gasteiger partial charge in [0.1, 0.15) is 0 Å². The molecule has 86 valence electrons. The average molecular weight is 224 g/mol. The summed E-state index contributed by atoms with van der Waals surface area (Å²) in [6.45, 7) is -0.575. The molecule has 6 heteroatoms. The van der Waals surface area contributed by atoms with Gasteiger partial charge in [-0.25, -0.2) is 15.1 Å². The minimum Gasteiger partial charge on any atom is -0.479 e. The molecule has 2 N–H and O–H groups in total. The molecule has 6 nitrogen and oxygen atoms in total. The Labute approximate surface area is 92.4 Å². The van der Waals surface area contributed by atoms with Gasteiger partial charge >= 0.3 is 12.0 Å². The molecule has 0 bridgehead atoms. The largest absolute Gasteiger partial charge is 0.479 e. The number of aliphatic carboxylic acids is 1. The number of hydroxylamine groups is 1. The number of urea groups is 1. The van der Waals surface area contributed by atoms with Crippen molar-refractivity contribution in [2.45, 2.75) is 0 Å². The molecule has 1 aromatic rings. The van der Waals surface area contributed by atoms with E-state index >= 15 is 0 Å². The Morgan fingerprint density at radius 3 is 2.56 bits per heavy atom. The zero-order valence-electron chi connectivity index (χ0n) is 8.71. The number of carbonyl (C=O) groups excluding carboxylic acids is 1. The van der Waals surface area contributed by atoms with Crippen molar-refractivity contribution in [3.63, 3.8) is 0 Å². The van der Waals surface area contributed by atoms with Gasteiger partial charge in [-0.15, -0.1) is 0 Å². The molecule has 0 aliphatic heterocycles. The molecule has 0 saturated heterocycles. The molecule has 0 aliphatic carbocycles. The maximum atomic E-state index is 11.4. The number of benzene rings is 1. The minimum absolute atomic E-state index is 0.535. The van der Waals surface area contributed by atoms with Crippen molar-refractivity contribution in [3.05, 3.63) is 30.3 Å². The van der Waals surface area contributed by atoms with Crippen LogP contribution in [0.1, 0.15) is 0 Å². The van der Waals surface area contributed by atoms with E-state index in [1.807, 2.05) is 11.5 Å². The summed E-state index contributed by atoms with van der Waals surface area (Å²) in [6, 6.07) is 8.37. The number of carbonyl (C=O) groups is 2. The number of hydrogen-bond donors (Lipinski definition) is 2. The highest BCUT2D eigenvalue weighted by Gasteiger charge is 2.10. The molecule has 0 aromatic heterocycles. The van der Waals surface area contributed by atoms with Gasteiger partial charge < -0.3 is 5.11 Å². The molecular weight excluding hydrogens is 212 g/mol. The summed E-state index contributed by atoms with van der Waals surface area (Å²) in [5, 5.41) is 8.29. The molecule has 0 radical (unpaired) electrons. The number of carboxylic acids is 1. The lowest BCUT2D eigenvalue weighted by atomic mass is 10.3. The van der Waals surface area contributed by atoms with Gasteiger partial charge in [-0.2, -0.15) is 0 Å². The Balaban J connectivity index is 2.45. The molecule has 1 aromatic carbocycles. The Kier molecular flexibility index (Phi) is 4.28. The molecule has 0 spiro atoms. The van der Waals surface area contributed by atoms with Gasteiger partial charge in [0, 0.05) is 12.7 Å². The molecule has 0 saturated carbocycles. The van der Waals surface area contributed by atoms with Crippen LogP contribution >= 0.6 is 0 Å². The highest BCUT2D eigenvalue weighted by molar-refractivity contribution is 5.90. The van der Waals surface area contributed by atoms with E-state index in [4.69, 9.17) is 5.11 Å². The summed E-state index contributed by atoms with van der Waals surface area (Å²) in [4.78, 5) is 27.3. The summed E-state index contributed by atoms with van der Waals surface area (Å²) >= 11 is 0. The lowest BCUT2D eigenvalue weighted by Crippen LogP contribution is -2.38. The summed E-state index contributed by atoms with van der Waals surface area (Å²) < 4.78 is 0. The van der Waals surface area contributed by atoms with Gasteiger partial charge in [-0.1, -0.05) is 18.2 Å². The number of nitrogens with zero attached hydrogens (tertiary/aromatic N) is 1. The average Bonchev–Trinajstić information content (AvgIpc) is 2.28. The predicted molar refractivity (Wildman–Crippen MR) is 57.0 cm³/mol. The molecule has 0 aliphatic rings. The number of rotatable bonds is 4. The van der Waals surface area contributed by atoms with Gasteiger partial charge in [0.2, 0.25) is 0 Å². The maximum Gasteiger partial charge on any atom is 0.345 e. The van der Waals surface area contributed by atoms with E-state index in [0.717, 1.165) is 0 Å². The predicted octanol–water partition coefficient (Wildman–Crippen LogP) is 0.849. The van der Waals surface area contributed by atoms with Crippen LogP contribution in [-0.2, 0) is 9.63 Å².